The smallest absolute Gasteiger partial charge is 0.259 e. The van der Waals surface area contributed by atoms with Gasteiger partial charge in [-0.15, -0.1) is 0 Å². The molecule has 0 spiro atoms. The minimum Gasteiger partial charge on any atom is -0.378 e. The highest BCUT2D eigenvalue weighted by Gasteiger charge is 2.17. The van der Waals surface area contributed by atoms with E-state index in [0.29, 0.717) is 37.7 Å². The second-order valence-corrected chi connectivity index (χ2v) is 8.69. The lowest BCUT2D eigenvalue weighted by atomic mass is 10.0. The molecule has 2 aromatic rings. The summed E-state index contributed by atoms with van der Waals surface area (Å²) in [6.07, 6.45) is 1.33. The molecular weight excluding hydrogens is 437 g/mol. The van der Waals surface area contributed by atoms with Gasteiger partial charge in [0.05, 0.1) is 24.9 Å². The van der Waals surface area contributed by atoms with Crippen LogP contribution in [0.1, 0.15) is 42.2 Å². The van der Waals surface area contributed by atoms with Gasteiger partial charge < -0.3 is 26.4 Å². The van der Waals surface area contributed by atoms with Crippen molar-refractivity contribution in [1.29, 1.82) is 0 Å². The maximum Gasteiger partial charge on any atom is 0.259 e. The molecule has 34 heavy (non-hydrogen) atoms. The summed E-state index contributed by atoms with van der Waals surface area (Å²) in [5.74, 6) is 0.710. The molecule has 9 nitrogen and oxygen atoms in total. The minimum absolute atomic E-state index is 0.273. The summed E-state index contributed by atoms with van der Waals surface area (Å²) in [5.41, 5.74) is 13.6. The number of pyridine rings is 1. The van der Waals surface area contributed by atoms with Gasteiger partial charge in [-0.05, 0) is 42.2 Å². The number of aliphatic imine (C=N–C) groups is 1. The normalized spacial score (nSPS) is 16.3. The topological polar surface area (TPSA) is 131 Å². The van der Waals surface area contributed by atoms with Crippen LogP contribution in [0, 0.1) is 11.7 Å². The van der Waals surface area contributed by atoms with Crippen LogP contribution in [0.25, 0.3) is 0 Å². The number of carbonyl (C=O) groups excluding carboxylic acids is 1. The fraction of sp³-hybridized carbons (Fsp3) is 0.458. The molecule has 0 aliphatic carbocycles. The van der Waals surface area contributed by atoms with Gasteiger partial charge in [0.1, 0.15) is 11.6 Å². The molecule has 1 aromatic heterocycles. The van der Waals surface area contributed by atoms with Gasteiger partial charge in [0.25, 0.3) is 5.91 Å². The van der Waals surface area contributed by atoms with Crippen molar-refractivity contribution in [3.63, 3.8) is 0 Å². The van der Waals surface area contributed by atoms with E-state index in [0.717, 1.165) is 24.5 Å². The molecule has 184 valence electrons. The van der Waals surface area contributed by atoms with Crippen LogP contribution in [0.2, 0.25) is 0 Å². The first-order valence-corrected chi connectivity index (χ1v) is 11.5. The Morgan fingerprint density at radius 2 is 1.88 bits per heavy atom. The van der Waals surface area contributed by atoms with Crippen molar-refractivity contribution < 1.29 is 13.9 Å². The molecule has 0 saturated carbocycles. The second kappa shape index (κ2) is 12.4. The Morgan fingerprint density at radius 3 is 2.50 bits per heavy atom. The molecule has 3 rings (SSSR count). The van der Waals surface area contributed by atoms with Gasteiger partial charge >= 0.3 is 0 Å². The quantitative estimate of drug-likeness (QED) is 0.262. The maximum absolute atomic E-state index is 13.2. The Balaban J connectivity index is 1.61. The van der Waals surface area contributed by atoms with Crippen LogP contribution in [0.4, 0.5) is 10.2 Å². The van der Waals surface area contributed by atoms with Crippen molar-refractivity contribution in [3.05, 3.63) is 59.5 Å². The third-order valence-corrected chi connectivity index (χ3v) is 5.32. The molecule has 6 N–H and O–H groups in total. The molecule has 0 radical (unpaired) electrons. The van der Waals surface area contributed by atoms with Gasteiger partial charge in [0.15, 0.2) is 5.96 Å². The molecule has 1 aliphatic rings. The van der Waals surface area contributed by atoms with Crippen molar-refractivity contribution in [2.45, 2.75) is 32.5 Å². The number of rotatable bonds is 8. The molecule has 1 saturated heterocycles. The van der Waals surface area contributed by atoms with Crippen molar-refractivity contribution in [2.75, 3.05) is 37.7 Å². The molecule has 1 amide bonds. The van der Waals surface area contributed by atoms with Gasteiger partial charge in [0.2, 0.25) is 0 Å². The third-order valence-electron chi connectivity index (χ3n) is 5.32. The molecule has 2 heterocycles. The zero-order chi connectivity index (χ0) is 24.5. The number of amides is 1. The van der Waals surface area contributed by atoms with Crippen molar-refractivity contribution in [1.82, 2.24) is 15.6 Å². The van der Waals surface area contributed by atoms with Crippen LogP contribution in [-0.4, -0.2) is 55.9 Å². The van der Waals surface area contributed by atoms with E-state index >= 15 is 0 Å². The summed E-state index contributed by atoms with van der Waals surface area (Å²) in [7, 11) is 0. The highest BCUT2D eigenvalue weighted by Crippen LogP contribution is 2.15. The number of benzene rings is 1. The summed E-state index contributed by atoms with van der Waals surface area (Å²) in [6, 6.07) is 9.15. The van der Waals surface area contributed by atoms with Crippen LogP contribution in [0.3, 0.4) is 0 Å². The standard InChI is InChI=1S/C24H34FN7O2/c1-16(2)14-29-24(30-21(27)13-20(26)17-3-6-19(25)7-4-17)31-23(33)18-5-8-22(28-15-18)32-9-11-34-12-10-32/h3-8,15-16,20-21H,9-14,26-27H2,1-2H3,(H2,29,30,31,33). The number of nitrogens with one attached hydrogen (secondary N) is 2. The lowest BCUT2D eigenvalue weighted by Crippen LogP contribution is -2.50. The highest BCUT2D eigenvalue weighted by atomic mass is 19.1. The van der Waals surface area contributed by atoms with Gasteiger partial charge in [-0.3, -0.25) is 15.1 Å². The zero-order valence-electron chi connectivity index (χ0n) is 19.7. The monoisotopic (exact) mass is 471 g/mol. The molecule has 10 heteroatoms. The maximum atomic E-state index is 13.2. The number of carbonyl (C=O) groups is 1. The largest absolute Gasteiger partial charge is 0.378 e. The molecular formula is C24H34FN7O2. The van der Waals surface area contributed by atoms with Crippen molar-refractivity contribution in [2.24, 2.45) is 22.4 Å². The number of morpholine rings is 1. The lowest BCUT2D eigenvalue weighted by Gasteiger charge is -2.27. The lowest BCUT2D eigenvalue weighted by molar-refractivity contribution is 0.0975. The van der Waals surface area contributed by atoms with Gasteiger partial charge in [-0.25, -0.2) is 9.37 Å². The van der Waals surface area contributed by atoms with Gasteiger partial charge in [-0.2, -0.15) is 0 Å². The number of anilines is 1. The van der Waals surface area contributed by atoms with Crippen LogP contribution < -0.4 is 27.0 Å². The summed E-state index contributed by atoms with van der Waals surface area (Å²) in [6.45, 7) is 7.43. The SMILES string of the molecule is CC(C)CN=C(NC(=O)c1ccc(N2CCOCC2)nc1)NC(N)CC(N)c1ccc(F)cc1. The molecule has 1 aromatic carbocycles. The number of nitrogens with two attached hydrogens (primary N) is 2. The van der Waals surface area contributed by atoms with Gasteiger partial charge in [0, 0.05) is 31.9 Å². The number of aromatic nitrogens is 1. The van der Waals surface area contributed by atoms with Gasteiger partial charge in [-0.1, -0.05) is 26.0 Å². The van der Waals surface area contributed by atoms with E-state index in [9.17, 15) is 9.18 Å². The van der Waals surface area contributed by atoms with Crippen LogP contribution in [-0.2, 0) is 4.74 Å². The summed E-state index contributed by atoms with van der Waals surface area (Å²) >= 11 is 0. The minimum atomic E-state index is -0.576. The highest BCUT2D eigenvalue weighted by molar-refractivity contribution is 6.05. The van der Waals surface area contributed by atoms with Crippen LogP contribution in [0.5, 0.6) is 0 Å². The van der Waals surface area contributed by atoms with Crippen LogP contribution in [0.15, 0.2) is 47.6 Å². The zero-order valence-corrected chi connectivity index (χ0v) is 19.7. The Hall–Kier alpha value is -3.08. The Kier molecular flexibility index (Phi) is 9.32. The third kappa shape index (κ3) is 7.75. The first-order chi connectivity index (χ1) is 16.3. The number of ether oxygens (including phenoxy) is 1. The van der Waals surface area contributed by atoms with E-state index in [2.05, 4.69) is 25.5 Å². The number of hydrogen-bond donors (Lipinski definition) is 4. The molecule has 0 bridgehead atoms. The molecule has 1 aliphatic heterocycles. The summed E-state index contributed by atoms with van der Waals surface area (Å²) < 4.78 is 18.5. The summed E-state index contributed by atoms with van der Waals surface area (Å²) in [4.78, 5) is 23.9. The Bertz CT molecular complexity index is 945. The average molecular weight is 472 g/mol. The van der Waals surface area contributed by atoms with E-state index in [1.807, 2.05) is 19.9 Å². The van der Waals surface area contributed by atoms with Crippen molar-refractivity contribution >= 4 is 17.7 Å². The van der Waals surface area contributed by atoms with E-state index in [4.69, 9.17) is 16.2 Å². The Morgan fingerprint density at radius 1 is 1.18 bits per heavy atom. The van der Waals surface area contributed by atoms with E-state index in [-0.39, 0.29) is 17.7 Å². The van der Waals surface area contributed by atoms with E-state index < -0.39 is 12.2 Å². The second-order valence-electron chi connectivity index (χ2n) is 8.69. The number of nitrogens with zero attached hydrogens (tertiary/aromatic N) is 3. The van der Waals surface area contributed by atoms with E-state index in [1.54, 1.807) is 24.4 Å². The summed E-state index contributed by atoms with van der Waals surface area (Å²) in [5, 5.41) is 5.84. The van der Waals surface area contributed by atoms with E-state index in [1.165, 1.54) is 12.1 Å². The van der Waals surface area contributed by atoms with Crippen molar-refractivity contribution in [3.8, 4) is 0 Å². The fourth-order valence-corrected chi connectivity index (χ4v) is 3.43. The number of hydrogen-bond acceptors (Lipinski definition) is 7. The predicted molar refractivity (Wildman–Crippen MR) is 131 cm³/mol. The first kappa shape index (κ1) is 25.5. The number of guanidine groups is 1. The molecule has 2 atom stereocenters. The molecule has 1 fully saturated rings. The Labute approximate surface area is 199 Å². The predicted octanol–water partition coefficient (Wildman–Crippen LogP) is 1.76. The first-order valence-electron chi connectivity index (χ1n) is 11.5. The van der Waals surface area contributed by atoms with Crippen LogP contribution >= 0.6 is 0 Å². The number of halogens is 1. The average Bonchev–Trinajstić information content (AvgIpc) is 2.83. The molecule has 2 unspecified atom stereocenters. The fourth-order valence-electron chi connectivity index (χ4n) is 3.43.